The molecule has 0 atom stereocenters. The Morgan fingerprint density at radius 1 is 1.25 bits per heavy atom. The maximum Gasteiger partial charge on any atom is 0.270 e. The molecule has 1 amide bonds. The molecular formula is C19H13BrN4O3S. The predicted molar refractivity (Wildman–Crippen MR) is 112 cm³/mol. The van der Waals surface area contributed by atoms with Crippen molar-refractivity contribution in [3.05, 3.63) is 79.9 Å². The van der Waals surface area contributed by atoms with Gasteiger partial charge in [0, 0.05) is 39.7 Å². The van der Waals surface area contributed by atoms with Crippen molar-refractivity contribution in [2.75, 3.05) is 5.32 Å². The van der Waals surface area contributed by atoms with E-state index < -0.39 is 4.92 Å². The Balaban J connectivity index is 1.64. The van der Waals surface area contributed by atoms with E-state index in [2.05, 4.69) is 26.2 Å². The summed E-state index contributed by atoms with van der Waals surface area (Å²) in [4.78, 5) is 28.9. The van der Waals surface area contributed by atoms with E-state index in [1.807, 2.05) is 35.6 Å². The zero-order valence-corrected chi connectivity index (χ0v) is 17.0. The number of fused-ring (bicyclic) bond motifs is 1. The maximum absolute atomic E-state index is 12.6. The smallest absolute Gasteiger partial charge is 0.270 e. The van der Waals surface area contributed by atoms with Crippen LogP contribution in [-0.2, 0) is 0 Å². The number of thiazole rings is 1. The lowest BCUT2D eigenvalue weighted by molar-refractivity contribution is -0.384. The molecule has 9 heteroatoms. The third kappa shape index (κ3) is 3.41. The van der Waals surface area contributed by atoms with Gasteiger partial charge in [-0.05, 0) is 31.2 Å². The SMILES string of the molecule is Cc1c(C(=O)Nc2ccc(Br)cc2)sc2nc(-c3cccc([N+](=O)[O-])c3)cn12. The highest BCUT2D eigenvalue weighted by Crippen LogP contribution is 2.29. The van der Waals surface area contributed by atoms with Gasteiger partial charge in [-0.25, -0.2) is 4.98 Å². The molecule has 0 radical (unpaired) electrons. The number of aromatic nitrogens is 2. The fraction of sp³-hybridized carbons (Fsp3) is 0.0526. The molecule has 0 aliphatic carbocycles. The van der Waals surface area contributed by atoms with Crippen LogP contribution < -0.4 is 5.32 Å². The lowest BCUT2D eigenvalue weighted by Gasteiger charge is -2.04. The van der Waals surface area contributed by atoms with E-state index in [9.17, 15) is 14.9 Å². The first-order valence-electron chi connectivity index (χ1n) is 8.22. The van der Waals surface area contributed by atoms with Crippen molar-refractivity contribution in [2.45, 2.75) is 6.92 Å². The van der Waals surface area contributed by atoms with E-state index in [0.717, 1.165) is 10.2 Å². The lowest BCUT2D eigenvalue weighted by Crippen LogP contribution is -2.11. The topological polar surface area (TPSA) is 89.5 Å². The number of rotatable bonds is 4. The number of aryl methyl sites for hydroxylation is 1. The lowest BCUT2D eigenvalue weighted by atomic mass is 10.1. The summed E-state index contributed by atoms with van der Waals surface area (Å²) in [5, 5.41) is 13.9. The molecule has 0 fully saturated rings. The molecule has 0 saturated carbocycles. The third-order valence-corrected chi connectivity index (χ3v) is 5.90. The average molecular weight is 457 g/mol. The van der Waals surface area contributed by atoms with Gasteiger partial charge < -0.3 is 5.32 Å². The number of nitrogens with one attached hydrogen (secondary N) is 1. The van der Waals surface area contributed by atoms with Gasteiger partial charge in [-0.15, -0.1) is 0 Å². The van der Waals surface area contributed by atoms with Crippen LogP contribution in [0.1, 0.15) is 15.4 Å². The molecule has 7 nitrogen and oxygen atoms in total. The monoisotopic (exact) mass is 456 g/mol. The summed E-state index contributed by atoms with van der Waals surface area (Å²) in [5.74, 6) is -0.202. The molecule has 0 bridgehead atoms. The Bertz CT molecular complexity index is 1210. The summed E-state index contributed by atoms with van der Waals surface area (Å²) in [6, 6.07) is 13.7. The summed E-state index contributed by atoms with van der Waals surface area (Å²) in [6.45, 7) is 1.85. The molecule has 140 valence electrons. The van der Waals surface area contributed by atoms with Crippen LogP contribution in [-0.4, -0.2) is 20.2 Å². The molecule has 1 N–H and O–H groups in total. The molecule has 0 unspecified atom stereocenters. The van der Waals surface area contributed by atoms with Crippen molar-refractivity contribution in [3.63, 3.8) is 0 Å². The number of hydrogen-bond acceptors (Lipinski definition) is 5. The van der Waals surface area contributed by atoms with Crippen LogP contribution in [0.15, 0.2) is 59.2 Å². The molecule has 2 heterocycles. The number of non-ortho nitro benzene ring substituents is 1. The Labute approximate surface area is 171 Å². The van der Waals surface area contributed by atoms with Gasteiger partial charge in [-0.2, -0.15) is 0 Å². The number of amides is 1. The third-order valence-electron chi connectivity index (χ3n) is 4.22. The van der Waals surface area contributed by atoms with Gasteiger partial charge in [0.15, 0.2) is 4.96 Å². The van der Waals surface area contributed by atoms with E-state index >= 15 is 0 Å². The molecule has 2 aromatic heterocycles. The van der Waals surface area contributed by atoms with Crippen molar-refractivity contribution in [2.24, 2.45) is 0 Å². The minimum Gasteiger partial charge on any atom is -0.321 e. The van der Waals surface area contributed by atoms with Crippen LogP contribution >= 0.6 is 27.3 Å². The highest BCUT2D eigenvalue weighted by molar-refractivity contribution is 9.10. The summed E-state index contributed by atoms with van der Waals surface area (Å²) in [7, 11) is 0. The molecule has 2 aromatic carbocycles. The molecule has 0 spiro atoms. The average Bonchev–Trinajstić information content (AvgIpc) is 3.23. The van der Waals surface area contributed by atoms with Crippen LogP contribution in [0.5, 0.6) is 0 Å². The number of anilines is 1. The molecule has 4 aromatic rings. The van der Waals surface area contributed by atoms with Crippen LogP contribution in [0.25, 0.3) is 16.2 Å². The number of benzene rings is 2. The van der Waals surface area contributed by atoms with E-state index in [0.29, 0.717) is 26.8 Å². The van der Waals surface area contributed by atoms with Crippen molar-refractivity contribution < 1.29 is 9.72 Å². The Morgan fingerprint density at radius 2 is 2.00 bits per heavy atom. The van der Waals surface area contributed by atoms with Gasteiger partial charge in [0.1, 0.15) is 4.88 Å². The van der Waals surface area contributed by atoms with E-state index in [1.54, 1.807) is 18.3 Å². The zero-order chi connectivity index (χ0) is 19.8. The van der Waals surface area contributed by atoms with E-state index in [4.69, 9.17) is 0 Å². The largest absolute Gasteiger partial charge is 0.321 e. The number of carbonyl (C=O) groups excluding carboxylic acids is 1. The molecule has 4 rings (SSSR count). The van der Waals surface area contributed by atoms with Crippen molar-refractivity contribution in [1.29, 1.82) is 0 Å². The molecule has 0 aliphatic rings. The molecule has 0 saturated heterocycles. The number of nitrogens with zero attached hydrogens (tertiary/aromatic N) is 3. The number of nitro benzene ring substituents is 1. The second kappa shape index (κ2) is 7.17. The predicted octanol–water partition coefficient (Wildman–Crippen LogP) is 5.29. The normalized spacial score (nSPS) is 10.9. The molecule has 0 aliphatic heterocycles. The first-order valence-corrected chi connectivity index (χ1v) is 9.83. The fourth-order valence-corrected chi connectivity index (χ4v) is 4.07. The van der Waals surface area contributed by atoms with Gasteiger partial charge >= 0.3 is 0 Å². The van der Waals surface area contributed by atoms with Gasteiger partial charge in [-0.3, -0.25) is 19.3 Å². The fourth-order valence-electron chi connectivity index (χ4n) is 2.80. The van der Waals surface area contributed by atoms with Crippen LogP contribution in [0.2, 0.25) is 0 Å². The Kier molecular flexibility index (Phi) is 4.70. The zero-order valence-electron chi connectivity index (χ0n) is 14.5. The molecular weight excluding hydrogens is 444 g/mol. The summed E-state index contributed by atoms with van der Waals surface area (Å²) >= 11 is 4.64. The minimum absolute atomic E-state index is 0.0140. The second-order valence-corrected chi connectivity index (χ2v) is 7.96. The van der Waals surface area contributed by atoms with E-state index in [-0.39, 0.29) is 11.6 Å². The summed E-state index contributed by atoms with van der Waals surface area (Å²) in [5.41, 5.74) is 2.76. The first kappa shape index (κ1) is 18.3. The first-order chi connectivity index (χ1) is 13.4. The molecule has 28 heavy (non-hydrogen) atoms. The van der Waals surface area contributed by atoms with E-state index in [1.165, 1.54) is 23.5 Å². The number of hydrogen-bond donors (Lipinski definition) is 1. The van der Waals surface area contributed by atoms with Gasteiger partial charge in [-0.1, -0.05) is 39.4 Å². The second-order valence-electron chi connectivity index (χ2n) is 6.06. The number of imidazole rings is 1. The quantitative estimate of drug-likeness (QED) is 0.333. The minimum atomic E-state index is -0.433. The number of halogens is 1. The van der Waals surface area contributed by atoms with Gasteiger partial charge in [0.25, 0.3) is 11.6 Å². The van der Waals surface area contributed by atoms with Crippen LogP contribution in [0, 0.1) is 17.0 Å². The van der Waals surface area contributed by atoms with Crippen molar-refractivity contribution in [3.8, 4) is 11.3 Å². The van der Waals surface area contributed by atoms with Gasteiger partial charge in [0.2, 0.25) is 0 Å². The van der Waals surface area contributed by atoms with Crippen molar-refractivity contribution in [1.82, 2.24) is 9.38 Å². The maximum atomic E-state index is 12.6. The Hall–Kier alpha value is -3.04. The Morgan fingerprint density at radius 3 is 2.68 bits per heavy atom. The van der Waals surface area contributed by atoms with Crippen LogP contribution in [0.4, 0.5) is 11.4 Å². The summed E-state index contributed by atoms with van der Waals surface area (Å²) < 4.78 is 2.76. The highest BCUT2D eigenvalue weighted by atomic mass is 79.9. The number of carbonyl (C=O) groups is 1. The summed E-state index contributed by atoms with van der Waals surface area (Å²) in [6.07, 6.45) is 1.79. The van der Waals surface area contributed by atoms with Gasteiger partial charge in [0.05, 0.1) is 10.6 Å². The van der Waals surface area contributed by atoms with Crippen molar-refractivity contribution >= 4 is 49.5 Å². The van der Waals surface area contributed by atoms with Crippen LogP contribution in [0.3, 0.4) is 0 Å². The number of nitro groups is 1. The standard InChI is InChI=1S/C19H13BrN4O3S/c1-11-17(18(25)21-14-7-5-13(20)6-8-14)28-19-22-16(10-23(11)19)12-3-2-4-15(9-12)24(26)27/h2-10H,1H3,(H,21,25). The highest BCUT2D eigenvalue weighted by Gasteiger charge is 2.19.